The number of hydrogen-bond donors (Lipinski definition) is 2. The number of phenolic OH excluding ortho intramolecular Hbond substituents is 1. The van der Waals surface area contributed by atoms with Crippen molar-refractivity contribution in [3.05, 3.63) is 28.2 Å². The largest absolute Gasteiger partial charge is 0.508 e. The zero-order chi connectivity index (χ0) is 13.5. The number of phenols is 1. The molecule has 1 aliphatic heterocycles. The number of benzene rings is 1. The van der Waals surface area contributed by atoms with Gasteiger partial charge >= 0.3 is 6.03 Å². The number of nitrogens with one attached hydrogen (secondary N) is 1. The Morgan fingerprint density at radius 3 is 2.56 bits per heavy atom. The van der Waals surface area contributed by atoms with Gasteiger partial charge in [-0.2, -0.15) is 0 Å². The molecule has 0 aliphatic carbocycles. The van der Waals surface area contributed by atoms with E-state index in [0.717, 1.165) is 26.1 Å². The third-order valence-electron chi connectivity index (χ3n) is 2.34. The smallest absolute Gasteiger partial charge is 0.317 e. The van der Waals surface area contributed by atoms with Crippen molar-refractivity contribution in [1.82, 2.24) is 10.2 Å². The predicted octanol–water partition coefficient (Wildman–Crippen LogP) is 3.12. The van der Waals surface area contributed by atoms with Crippen molar-refractivity contribution in [2.75, 3.05) is 19.6 Å². The first-order valence-electron chi connectivity index (χ1n) is 5.71. The van der Waals surface area contributed by atoms with Crippen LogP contribution in [0.3, 0.4) is 0 Å². The highest BCUT2D eigenvalue weighted by atomic mass is 35.5. The molecule has 2 N–H and O–H groups in total. The highest BCUT2D eigenvalue weighted by molar-refractivity contribution is 6.42. The van der Waals surface area contributed by atoms with Crippen LogP contribution in [0.1, 0.15) is 13.3 Å². The van der Waals surface area contributed by atoms with Gasteiger partial charge in [-0.3, -0.25) is 0 Å². The second kappa shape index (κ2) is 7.34. The summed E-state index contributed by atoms with van der Waals surface area (Å²) < 4.78 is 0. The number of aromatic hydroxyl groups is 1. The van der Waals surface area contributed by atoms with Gasteiger partial charge in [-0.05, 0) is 24.6 Å². The molecule has 1 aromatic rings. The molecule has 1 aromatic carbocycles. The third-order valence-corrected chi connectivity index (χ3v) is 3.08. The summed E-state index contributed by atoms with van der Waals surface area (Å²) in [4.78, 5) is 12.6. The monoisotopic (exact) mass is 290 g/mol. The molecule has 1 fully saturated rings. The van der Waals surface area contributed by atoms with Crippen LogP contribution in [0.25, 0.3) is 0 Å². The lowest BCUT2D eigenvalue weighted by Gasteiger charge is -2.10. The zero-order valence-electron chi connectivity index (χ0n) is 10.1. The molecule has 18 heavy (non-hydrogen) atoms. The Morgan fingerprint density at radius 1 is 1.39 bits per heavy atom. The average molecular weight is 291 g/mol. The van der Waals surface area contributed by atoms with Crippen LogP contribution in [-0.4, -0.2) is 35.7 Å². The summed E-state index contributed by atoms with van der Waals surface area (Å²) >= 11 is 11.1. The highest BCUT2D eigenvalue weighted by Crippen LogP contribution is 2.24. The lowest BCUT2D eigenvalue weighted by molar-refractivity contribution is 0.217. The SMILES string of the molecule is CCCN1CCNC1=O.Oc1ccc(Cl)c(Cl)c1. The molecule has 4 nitrogen and oxygen atoms in total. The number of halogens is 2. The van der Waals surface area contributed by atoms with Crippen molar-refractivity contribution >= 4 is 29.2 Å². The maximum Gasteiger partial charge on any atom is 0.317 e. The van der Waals surface area contributed by atoms with Gasteiger partial charge in [0.2, 0.25) is 0 Å². The van der Waals surface area contributed by atoms with Crippen LogP contribution in [0.5, 0.6) is 5.75 Å². The molecule has 2 rings (SSSR count). The van der Waals surface area contributed by atoms with Crippen molar-refractivity contribution in [2.45, 2.75) is 13.3 Å². The van der Waals surface area contributed by atoms with Crippen LogP contribution >= 0.6 is 23.2 Å². The van der Waals surface area contributed by atoms with Crippen molar-refractivity contribution in [1.29, 1.82) is 0 Å². The van der Waals surface area contributed by atoms with E-state index in [2.05, 4.69) is 12.2 Å². The number of rotatable bonds is 2. The molecule has 0 spiro atoms. The second-order valence-electron chi connectivity index (χ2n) is 3.82. The fourth-order valence-corrected chi connectivity index (χ4v) is 1.77. The number of urea groups is 1. The van der Waals surface area contributed by atoms with Gasteiger partial charge in [0, 0.05) is 19.6 Å². The molecule has 0 bridgehead atoms. The quantitative estimate of drug-likeness (QED) is 0.879. The summed E-state index contributed by atoms with van der Waals surface area (Å²) in [6.07, 6.45) is 1.05. The molecule has 100 valence electrons. The number of nitrogens with zero attached hydrogens (tertiary/aromatic N) is 1. The van der Waals surface area contributed by atoms with Crippen LogP contribution in [0.2, 0.25) is 10.0 Å². The Morgan fingerprint density at radius 2 is 2.11 bits per heavy atom. The summed E-state index contributed by atoms with van der Waals surface area (Å²) in [7, 11) is 0. The van der Waals surface area contributed by atoms with Crippen molar-refractivity contribution < 1.29 is 9.90 Å². The molecule has 1 aliphatic rings. The molecule has 0 atom stereocenters. The second-order valence-corrected chi connectivity index (χ2v) is 4.63. The Bertz CT molecular complexity index is 413. The number of carbonyl (C=O) groups excluding carboxylic acids is 1. The molecule has 2 amide bonds. The summed E-state index contributed by atoms with van der Waals surface area (Å²) in [5, 5.41) is 12.4. The Kier molecular flexibility index (Phi) is 6.09. The van der Waals surface area contributed by atoms with Crippen LogP contribution < -0.4 is 5.32 Å². The van der Waals surface area contributed by atoms with Crippen molar-refractivity contribution in [3.8, 4) is 5.75 Å². The molecular weight excluding hydrogens is 275 g/mol. The fourth-order valence-electron chi connectivity index (χ4n) is 1.48. The molecule has 1 saturated heterocycles. The van der Waals surface area contributed by atoms with Crippen LogP contribution in [0.4, 0.5) is 4.79 Å². The maximum absolute atomic E-state index is 10.8. The third kappa shape index (κ3) is 4.63. The van der Waals surface area contributed by atoms with E-state index in [-0.39, 0.29) is 11.8 Å². The molecule has 1 heterocycles. The van der Waals surface area contributed by atoms with Crippen LogP contribution in [0.15, 0.2) is 18.2 Å². The average Bonchev–Trinajstić information content (AvgIpc) is 2.72. The van der Waals surface area contributed by atoms with E-state index in [0.29, 0.717) is 10.0 Å². The predicted molar refractivity (Wildman–Crippen MR) is 73.4 cm³/mol. The Balaban J connectivity index is 0.000000180. The topological polar surface area (TPSA) is 52.6 Å². The van der Waals surface area contributed by atoms with Crippen molar-refractivity contribution in [3.63, 3.8) is 0 Å². The highest BCUT2D eigenvalue weighted by Gasteiger charge is 2.17. The standard InChI is InChI=1S/C6H4Cl2O.C6H12N2O/c7-5-2-1-4(9)3-6(5)8;1-2-4-8-5-3-7-6(8)9/h1-3,9H;2-5H2,1H3,(H,7,9). The number of amides is 2. The van der Waals surface area contributed by atoms with E-state index in [9.17, 15) is 4.79 Å². The molecular formula is C12H16Cl2N2O2. The first-order valence-corrected chi connectivity index (χ1v) is 6.47. The van der Waals surface area contributed by atoms with Gasteiger partial charge in [0.05, 0.1) is 10.0 Å². The van der Waals surface area contributed by atoms with Crippen LogP contribution in [-0.2, 0) is 0 Å². The normalized spacial score (nSPS) is 13.9. The molecule has 6 heteroatoms. The van der Waals surface area contributed by atoms with E-state index in [4.69, 9.17) is 28.3 Å². The first kappa shape index (κ1) is 14.9. The molecule has 0 saturated carbocycles. The summed E-state index contributed by atoms with van der Waals surface area (Å²) in [6, 6.07) is 4.51. The lowest BCUT2D eigenvalue weighted by Crippen LogP contribution is -2.28. The van der Waals surface area contributed by atoms with Gasteiger partial charge in [0.25, 0.3) is 0 Å². The molecule has 0 aromatic heterocycles. The van der Waals surface area contributed by atoms with E-state index >= 15 is 0 Å². The zero-order valence-corrected chi connectivity index (χ0v) is 11.6. The minimum Gasteiger partial charge on any atom is -0.508 e. The van der Waals surface area contributed by atoms with Gasteiger partial charge in [-0.25, -0.2) is 4.79 Å². The first-order chi connectivity index (χ1) is 8.54. The van der Waals surface area contributed by atoms with Gasteiger partial charge in [-0.15, -0.1) is 0 Å². The summed E-state index contributed by atoms with van der Waals surface area (Å²) in [5.74, 6) is 0.129. The van der Waals surface area contributed by atoms with Gasteiger partial charge in [-0.1, -0.05) is 30.1 Å². The van der Waals surface area contributed by atoms with Crippen LogP contribution in [0, 0.1) is 0 Å². The minimum atomic E-state index is 0.0943. The van der Waals surface area contributed by atoms with E-state index in [1.165, 1.54) is 12.1 Å². The summed E-state index contributed by atoms with van der Waals surface area (Å²) in [6.45, 7) is 4.67. The summed E-state index contributed by atoms with van der Waals surface area (Å²) in [5.41, 5.74) is 0. The molecule has 0 radical (unpaired) electrons. The fraction of sp³-hybridized carbons (Fsp3) is 0.417. The Labute approximate surface area is 116 Å². The van der Waals surface area contributed by atoms with E-state index < -0.39 is 0 Å². The van der Waals surface area contributed by atoms with Crippen molar-refractivity contribution in [2.24, 2.45) is 0 Å². The Hall–Kier alpha value is -1.13. The van der Waals surface area contributed by atoms with Gasteiger partial charge < -0.3 is 15.3 Å². The van der Waals surface area contributed by atoms with Gasteiger partial charge in [0.15, 0.2) is 0 Å². The van der Waals surface area contributed by atoms with E-state index in [1.807, 2.05) is 4.90 Å². The lowest BCUT2D eigenvalue weighted by atomic mass is 10.3. The molecule has 0 unspecified atom stereocenters. The van der Waals surface area contributed by atoms with E-state index in [1.54, 1.807) is 6.07 Å². The van der Waals surface area contributed by atoms with Gasteiger partial charge in [0.1, 0.15) is 5.75 Å². The maximum atomic E-state index is 10.8. The number of carbonyl (C=O) groups is 1. The number of hydrogen-bond acceptors (Lipinski definition) is 2. The minimum absolute atomic E-state index is 0.0943.